The summed E-state index contributed by atoms with van der Waals surface area (Å²) in [7, 11) is 8.98. The Hall–Kier alpha value is -1.71. The number of Topliss-reactive ketones (excluding diaryl/α,β-unsaturated/α-hetero) is 1. The molecule has 0 aromatic rings. The van der Waals surface area contributed by atoms with Gasteiger partial charge >= 0.3 is 5.97 Å². The summed E-state index contributed by atoms with van der Waals surface area (Å²) < 4.78 is 31.4. The van der Waals surface area contributed by atoms with Crippen molar-refractivity contribution < 1.29 is 43.2 Å². The van der Waals surface area contributed by atoms with E-state index in [-0.39, 0.29) is 29.9 Å². The van der Waals surface area contributed by atoms with Crippen LogP contribution in [-0.2, 0) is 38.1 Å². The zero-order valence-electron chi connectivity index (χ0n) is 31.9. The molecule has 2 aliphatic heterocycles. The van der Waals surface area contributed by atoms with Gasteiger partial charge in [-0.3, -0.25) is 14.4 Å². The van der Waals surface area contributed by atoms with Crippen molar-refractivity contribution in [3.63, 3.8) is 0 Å². The molecule has 0 aromatic carbocycles. The highest BCUT2D eigenvalue weighted by Crippen LogP contribution is 2.37. The maximum atomic E-state index is 14.0. The van der Waals surface area contributed by atoms with E-state index < -0.39 is 60.2 Å². The van der Waals surface area contributed by atoms with E-state index in [2.05, 4.69) is 22.5 Å². The molecule has 2 heterocycles. The average molecular weight is 699 g/mol. The Morgan fingerprint density at radius 1 is 1.10 bits per heavy atom. The van der Waals surface area contributed by atoms with E-state index in [0.717, 1.165) is 6.54 Å². The lowest BCUT2D eigenvalue weighted by molar-refractivity contribution is -0.296. The first-order chi connectivity index (χ1) is 23.0. The molecule has 2 saturated heterocycles. The number of methoxy groups -OCH3 is 2. The Morgan fingerprint density at radius 2 is 1.78 bits per heavy atom. The molecule has 284 valence electrons. The summed E-state index contributed by atoms with van der Waals surface area (Å²) in [5, 5.41) is 18.0. The third kappa shape index (κ3) is 10.4. The lowest BCUT2D eigenvalue weighted by Crippen LogP contribution is -2.65. The van der Waals surface area contributed by atoms with Gasteiger partial charge in [0.1, 0.15) is 30.0 Å². The third-order valence-electron chi connectivity index (χ3n) is 11.4. The lowest BCUT2D eigenvalue weighted by Gasteiger charge is -2.47. The van der Waals surface area contributed by atoms with Crippen LogP contribution in [0.4, 0.5) is 0 Å². The smallest absolute Gasteiger partial charge is 0.313 e. The van der Waals surface area contributed by atoms with E-state index in [4.69, 9.17) is 23.7 Å². The van der Waals surface area contributed by atoms with E-state index >= 15 is 0 Å². The number of hydrogen-bond acceptors (Lipinski definition) is 12. The molecule has 1 amide bonds. The second kappa shape index (κ2) is 18.2. The molecule has 3 aliphatic rings. The van der Waals surface area contributed by atoms with Crippen LogP contribution in [0.3, 0.4) is 0 Å². The summed E-state index contributed by atoms with van der Waals surface area (Å²) in [5.41, 5.74) is -2.10. The van der Waals surface area contributed by atoms with E-state index in [0.29, 0.717) is 44.7 Å². The zero-order chi connectivity index (χ0) is 36.7. The SMILES string of the molecule is CC[C@H]1OC(=O)CC(=O)[C@H](C)[C@@H](O[C@@H]2O[C@H](CNCC3CC3)CC(N(C)C)[C@H]2O)[C@](C)(OC)C[C@@H](C)CN(C)[C@H](C)[C@@H](NC=O)[C@]1(C)OC. The molecule has 0 radical (unpaired) electrons. The first-order valence-corrected chi connectivity index (χ1v) is 18.1. The fourth-order valence-corrected chi connectivity index (χ4v) is 7.96. The van der Waals surface area contributed by atoms with E-state index in [1.807, 2.05) is 53.7 Å². The normalized spacial score (nSPS) is 40.8. The van der Waals surface area contributed by atoms with Gasteiger partial charge in [-0.15, -0.1) is 0 Å². The number of ether oxygens (including phenoxy) is 5. The van der Waals surface area contributed by atoms with Crippen LogP contribution in [0.1, 0.15) is 80.1 Å². The summed E-state index contributed by atoms with van der Waals surface area (Å²) in [6.45, 7) is 13.6. The molecular weight excluding hydrogens is 632 g/mol. The Labute approximate surface area is 294 Å². The van der Waals surface area contributed by atoms with Crippen molar-refractivity contribution in [1.82, 2.24) is 20.4 Å². The molecule has 0 bridgehead atoms. The van der Waals surface area contributed by atoms with Gasteiger partial charge in [0.2, 0.25) is 6.41 Å². The van der Waals surface area contributed by atoms with Gasteiger partial charge in [0.15, 0.2) is 6.29 Å². The monoisotopic (exact) mass is 698 g/mol. The number of carbonyl (C=O) groups excluding carboxylic acids is 3. The Balaban J connectivity index is 1.99. The number of aliphatic hydroxyl groups is 1. The number of rotatable bonds is 12. The Morgan fingerprint density at radius 3 is 2.33 bits per heavy atom. The quantitative estimate of drug-likeness (QED) is 0.156. The van der Waals surface area contributed by atoms with Gasteiger partial charge < -0.3 is 49.2 Å². The Kier molecular flexibility index (Phi) is 15.5. The molecule has 1 aliphatic carbocycles. The summed E-state index contributed by atoms with van der Waals surface area (Å²) in [4.78, 5) is 43.4. The largest absolute Gasteiger partial charge is 0.459 e. The predicted molar refractivity (Wildman–Crippen MR) is 186 cm³/mol. The van der Waals surface area contributed by atoms with Gasteiger partial charge in [0.25, 0.3) is 0 Å². The van der Waals surface area contributed by atoms with Gasteiger partial charge in [-0.05, 0) is 92.4 Å². The van der Waals surface area contributed by atoms with Crippen LogP contribution in [0.15, 0.2) is 0 Å². The molecular formula is C36H66N4O9. The highest BCUT2D eigenvalue weighted by molar-refractivity contribution is 5.97. The van der Waals surface area contributed by atoms with Crippen LogP contribution in [-0.4, -0.2) is 148 Å². The number of hydrogen-bond donors (Lipinski definition) is 3. The molecule has 1 saturated carbocycles. The number of ketones is 1. The highest BCUT2D eigenvalue weighted by atomic mass is 16.7. The molecule has 49 heavy (non-hydrogen) atoms. The van der Waals surface area contributed by atoms with Crippen molar-refractivity contribution in [2.45, 2.75) is 140 Å². The number of nitrogens with one attached hydrogen (secondary N) is 2. The van der Waals surface area contributed by atoms with Crippen molar-refractivity contribution in [1.29, 1.82) is 0 Å². The summed E-state index contributed by atoms with van der Waals surface area (Å²) in [6.07, 6.45) is 0.313. The average Bonchev–Trinajstić information content (AvgIpc) is 3.88. The fraction of sp³-hybridized carbons (Fsp3) is 0.917. The van der Waals surface area contributed by atoms with E-state index in [1.54, 1.807) is 14.0 Å². The third-order valence-corrected chi connectivity index (χ3v) is 11.4. The minimum Gasteiger partial charge on any atom is -0.459 e. The second-order valence-electron chi connectivity index (χ2n) is 15.5. The maximum absolute atomic E-state index is 14.0. The molecule has 0 aromatic heterocycles. The van der Waals surface area contributed by atoms with Crippen LogP contribution in [0.25, 0.3) is 0 Å². The number of aliphatic hydroxyl groups excluding tert-OH is 1. The van der Waals surface area contributed by atoms with Gasteiger partial charge in [-0.1, -0.05) is 20.8 Å². The predicted octanol–water partition coefficient (Wildman–Crippen LogP) is 1.98. The van der Waals surface area contributed by atoms with Crippen LogP contribution in [0.5, 0.6) is 0 Å². The number of carbonyl (C=O) groups is 3. The number of esters is 1. The first kappa shape index (κ1) is 41.7. The van der Waals surface area contributed by atoms with E-state index in [1.165, 1.54) is 20.0 Å². The van der Waals surface area contributed by atoms with Gasteiger partial charge in [0, 0.05) is 45.3 Å². The molecule has 3 fully saturated rings. The van der Waals surface area contributed by atoms with Crippen LogP contribution in [0.2, 0.25) is 0 Å². The van der Waals surface area contributed by atoms with E-state index in [9.17, 15) is 19.5 Å². The van der Waals surface area contributed by atoms with Crippen molar-refractivity contribution >= 4 is 18.2 Å². The molecule has 0 spiro atoms. The molecule has 1 unspecified atom stereocenters. The molecule has 3 rings (SSSR count). The summed E-state index contributed by atoms with van der Waals surface area (Å²) >= 11 is 0. The summed E-state index contributed by atoms with van der Waals surface area (Å²) in [6, 6.07) is -1.00. The van der Waals surface area contributed by atoms with Crippen molar-refractivity contribution in [3.8, 4) is 0 Å². The molecule has 13 heteroatoms. The highest BCUT2D eigenvalue weighted by Gasteiger charge is 2.50. The molecule has 3 N–H and O–H groups in total. The van der Waals surface area contributed by atoms with Gasteiger partial charge in [-0.2, -0.15) is 0 Å². The number of cyclic esters (lactones) is 1. The van der Waals surface area contributed by atoms with Crippen LogP contribution >= 0.6 is 0 Å². The zero-order valence-corrected chi connectivity index (χ0v) is 31.9. The standard InChI is InChI=1S/C36H66N4O9/c1-12-29-36(6,46-11)32(38-21-41)24(4)40(9)20-22(2)17-35(5,45-10)33(23(3)28(42)16-30(43)48-29)49-34-31(44)27(39(7)8)15-26(47-34)19-37-18-25-13-14-25/h21-27,29,31-34,37,44H,12-20H2,1-11H3,(H,38,41)/t22-,23+,24-,26+,27?,29-,31-,32-,33-,34+,35-,36-/m1/s1. The van der Waals surface area contributed by atoms with Crippen LogP contribution in [0, 0.1) is 17.8 Å². The molecule has 12 atom stereocenters. The minimum atomic E-state index is -1.09. The van der Waals surface area contributed by atoms with Gasteiger partial charge in [0.05, 0.1) is 23.9 Å². The minimum absolute atomic E-state index is 0.0348. The first-order valence-electron chi connectivity index (χ1n) is 18.1. The maximum Gasteiger partial charge on any atom is 0.313 e. The van der Waals surface area contributed by atoms with Gasteiger partial charge in [-0.25, -0.2) is 0 Å². The van der Waals surface area contributed by atoms with Crippen LogP contribution < -0.4 is 10.6 Å². The Bertz CT molecular complexity index is 1080. The molecule has 13 nitrogen and oxygen atoms in total. The topological polar surface area (TPSA) is 148 Å². The van der Waals surface area contributed by atoms with Crippen molar-refractivity contribution in [3.05, 3.63) is 0 Å². The lowest BCUT2D eigenvalue weighted by atomic mass is 9.79. The number of nitrogens with zero attached hydrogens (tertiary/aromatic N) is 2. The summed E-state index contributed by atoms with van der Waals surface area (Å²) in [5.74, 6) is -1.13. The number of amides is 1. The van der Waals surface area contributed by atoms with Crippen molar-refractivity contribution in [2.24, 2.45) is 17.8 Å². The second-order valence-corrected chi connectivity index (χ2v) is 15.5. The number of likely N-dealkylation sites (N-methyl/N-ethyl adjacent to an activating group) is 2. The van der Waals surface area contributed by atoms with Crippen molar-refractivity contribution in [2.75, 3.05) is 55.0 Å². The fourth-order valence-electron chi connectivity index (χ4n) is 7.96.